The number of aromatic hydroxyl groups is 1. The van der Waals surface area contributed by atoms with Gasteiger partial charge in [0.25, 0.3) is 0 Å². The number of methoxy groups -OCH3 is 1. The minimum Gasteiger partial charge on any atom is -0.507 e. The molecule has 0 heterocycles. The Kier molecular flexibility index (Phi) is 13.1. The Morgan fingerprint density at radius 3 is 1.88 bits per heavy atom. The molecule has 32 heavy (non-hydrogen) atoms. The van der Waals surface area contributed by atoms with E-state index in [1.807, 2.05) is 20.8 Å². The van der Waals surface area contributed by atoms with Crippen molar-refractivity contribution in [3.05, 3.63) is 33.9 Å². The van der Waals surface area contributed by atoms with E-state index in [4.69, 9.17) is 4.74 Å². The van der Waals surface area contributed by atoms with Crippen molar-refractivity contribution in [1.82, 2.24) is 0 Å². The van der Waals surface area contributed by atoms with E-state index < -0.39 is 0 Å². The van der Waals surface area contributed by atoms with Crippen molar-refractivity contribution < 1.29 is 9.84 Å². The molecule has 0 spiro atoms. The molecule has 0 unspecified atom stereocenters. The second-order valence-electron chi connectivity index (χ2n) is 10.8. The van der Waals surface area contributed by atoms with Crippen molar-refractivity contribution in [2.75, 3.05) is 7.11 Å². The number of allylic oxidation sites excluding steroid dienone is 2. The SMILES string of the molecule is COc1c(C)c(C)c(O)c(C)c1C/C=C(\C)CCC[C@H](C)CCC[C@H](C)CCCC(C)C. The predicted octanol–water partition coefficient (Wildman–Crippen LogP) is 9.25. The first-order valence-electron chi connectivity index (χ1n) is 13.1. The van der Waals surface area contributed by atoms with E-state index in [1.54, 1.807) is 7.11 Å². The zero-order valence-electron chi connectivity index (χ0n) is 22.7. The minimum atomic E-state index is 0.410. The summed E-state index contributed by atoms with van der Waals surface area (Å²) >= 11 is 0. The molecule has 0 radical (unpaired) electrons. The number of rotatable bonds is 15. The summed E-state index contributed by atoms with van der Waals surface area (Å²) in [6.07, 6.45) is 15.2. The number of benzene rings is 1. The van der Waals surface area contributed by atoms with Crippen LogP contribution in [0.2, 0.25) is 0 Å². The van der Waals surface area contributed by atoms with Gasteiger partial charge in [0.15, 0.2) is 0 Å². The summed E-state index contributed by atoms with van der Waals surface area (Å²) in [5, 5.41) is 10.4. The fraction of sp³-hybridized carbons (Fsp3) is 0.733. The van der Waals surface area contributed by atoms with Crippen molar-refractivity contribution in [2.45, 2.75) is 120 Å². The molecule has 0 saturated carbocycles. The maximum absolute atomic E-state index is 10.4. The zero-order chi connectivity index (χ0) is 24.3. The second kappa shape index (κ2) is 14.7. The van der Waals surface area contributed by atoms with Gasteiger partial charge in [-0.05, 0) is 81.4 Å². The third-order valence-electron chi connectivity index (χ3n) is 7.34. The van der Waals surface area contributed by atoms with Gasteiger partial charge in [0.05, 0.1) is 7.11 Å². The summed E-state index contributed by atoms with van der Waals surface area (Å²) in [5.74, 6) is 3.89. The lowest BCUT2D eigenvalue weighted by atomic mass is 9.91. The van der Waals surface area contributed by atoms with E-state index in [9.17, 15) is 5.11 Å². The Labute approximate surface area is 199 Å². The van der Waals surface area contributed by atoms with Crippen molar-refractivity contribution in [3.8, 4) is 11.5 Å². The highest BCUT2D eigenvalue weighted by atomic mass is 16.5. The molecule has 2 atom stereocenters. The van der Waals surface area contributed by atoms with E-state index >= 15 is 0 Å². The number of ether oxygens (including phenoxy) is 1. The molecule has 0 aliphatic heterocycles. The van der Waals surface area contributed by atoms with Crippen LogP contribution in [0.15, 0.2) is 11.6 Å². The Balaban J connectivity index is 2.40. The number of hydrogen-bond acceptors (Lipinski definition) is 2. The van der Waals surface area contributed by atoms with E-state index in [1.165, 1.54) is 56.9 Å². The quantitative estimate of drug-likeness (QED) is 0.273. The van der Waals surface area contributed by atoms with Gasteiger partial charge in [0, 0.05) is 5.56 Å². The molecule has 0 aromatic heterocycles. The van der Waals surface area contributed by atoms with Crippen LogP contribution >= 0.6 is 0 Å². The monoisotopic (exact) mass is 444 g/mol. The predicted molar refractivity (Wildman–Crippen MR) is 141 cm³/mol. The lowest BCUT2D eigenvalue weighted by molar-refractivity contribution is 0.389. The minimum absolute atomic E-state index is 0.410. The lowest BCUT2D eigenvalue weighted by Gasteiger charge is -2.18. The van der Waals surface area contributed by atoms with Crippen LogP contribution in [0.3, 0.4) is 0 Å². The zero-order valence-corrected chi connectivity index (χ0v) is 22.7. The highest BCUT2D eigenvalue weighted by Gasteiger charge is 2.16. The Morgan fingerprint density at radius 1 is 0.812 bits per heavy atom. The molecule has 1 N–H and O–H groups in total. The first kappa shape index (κ1) is 28.6. The summed E-state index contributed by atoms with van der Waals surface area (Å²) in [6, 6.07) is 0. The van der Waals surface area contributed by atoms with Gasteiger partial charge >= 0.3 is 0 Å². The van der Waals surface area contributed by atoms with Crippen molar-refractivity contribution in [3.63, 3.8) is 0 Å². The van der Waals surface area contributed by atoms with Gasteiger partial charge in [0.2, 0.25) is 0 Å². The molecule has 1 rings (SSSR count). The number of phenolic OH excluding ortho intramolecular Hbond substituents is 1. The summed E-state index contributed by atoms with van der Waals surface area (Å²) in [5.41, 5.74) is 5.46. The summed E-state index contributed by atoms with van der Waals surface area (Å²) in [4.78, 5) is 0. The van der Waals surface area contributed by atoms with E-state index in [0.717, 1.165) is 58.6 Å². The molecule has 0 fully saturated rings. The van der Waals surface area contributed by atoms with Crippen molar-refractivity contribution in [2.24, 2.45) is 17.8 Å². The van der Waals surface area contributed by atoms with Crippen LogP contribution in [0.5, 0.6) is 11.5 Å². The molecule has 2 nitrogen and oxygen atoms in total. The first-order chi connectivity index (χ1) is 15.1. The van der Waals surface area contributed by atoms with Crippen LogP contribution in [0, 0.1) is 38.5 Å². The topological polar surface area (TPSA) is 29.5 Å². The molecule has 0 bridgehead atoms. The maximum atomic E-state index is 10.4. The van der Waals surface area contributed by atoms with Gasteiger partial charge in [-0.2, -0.15) is 0 Å². The third kappa shape index (κ3) is 9.59. The van der Waals surface area contributed by atoms with Crippen molar-refractivity contribution in [1.29, 1.82) is 0 Å². The molecule has 1 aromatic rings. The molecule has 0 aliphatic carbocycles. The van der Waals surface area contributed by atoms with Crippen LogP contribution in [-0.2, 0) is 6.42 Å². The first-order valence-corrected chi connectivity index (χ1v) is 13.1. The van der Waals surface area contributed by atoms with E-state index in [2.05, 4.69) is 40.7 Å². The van der Waals surface area contributed by atoms with Crippen LogP contribution < -0.4 is 4.74 Å². The summed E-state index contributed by atoms with van der Waals surface area (Å²) in [6.45, 7) is 17.7. The van der Waals surface area contributed by atoms with Crippen LogP contribution in [0.25, 0.3) is 0 Å². The summed E-state index contributed by atoms with van der Waals surface area (Å²) in [7, 11) is 1.73. The second-order valence-corrected chi connectivity index (χ2v) is 10.8. The molecule has 0 amide bonds. The van der Waals surface area contributed by atoms with Crippen LogP contribution in [0.1, 0.15) is 115 Å². The fourth-order valence-corrected chi connectivity index (χ4v) is 4.78. The summed E-state index contributed by atoms with van der Waals surface area (Å²) < 4.78 is 5.68. The van der Waals surface area contributed by atoms with E-state index in [-0.39, 0.29) is 0 Å². The molecule has 0 aliphatic rings. The molecule has 0 saturated heterocycles. The number of phenols is 1. The van der Waals surface area contributed by atoms with Gasteiger partial charge in [0.1, 0.15) is 11.5 Å². The highest BCUT2D eigenvalue weighted by Crippen LogP contribution is 2.37. The smallest absolute Gasteiger partial charge is 0.126 e. The van der Waals surface area contributed by atoms with Crippen LogP contribution in [-0.4, -0.2) is 12.2 Å². The van der Waals surface area contributed by atoms with Gasteiger partial charge in [-0.25, -0.2) is 0 Å². The third-order valence-corrected chi connectivity index (χ3v) is 7.34. The molecular formula is C30H52O2. The van der Waals surface area contributed by atoms with E-state index in [0.29, 0.717) is 5.75 Å². The Bertz CT molecular complexity index is 714. The van der Waals surface area contributed by atoms with Crippen LogP contribution in [0.4, 0.5) is 0 Å². The fourth-order valence-electron chi connectivity index (χ4n) is 4.78. The van der Waals surface area contributed by atoms with Gasteiger partial charge in [-0.15, -0.1) is 0 Å². The van der Waals surface area contributed by atoms with Crippen molar-refractivity contribution >= 4 is 0 Å². The molecular weight excluding hydrogens is 392 g/mol. The molecule has 1 aromatic carbocycles. The molecule has 184 valence electrons. The highest BCUT2D eigenvalue weighted by molar-refractivity contribution is 5.57. The lowest BCUT2D eigenvalue weighted by Crippen LogP contribution is -2.01. The largest absolute Gasteiger partial charge is 0.507 e. The standard InChI is InChI=1S/C30H52O2/c1-21(2)13-10-14-22(3)15-11-16-23(4)17-12-18-24(5)19-20-28-27(8)29(31)25(6)26(7)30(28)32-9/h19,21-23,31H,10-18,20H2,1-9H3/b24-19+/t22-,23-/m1/s1. The average molecular weight is 445 g/mol. The molecule has 2 heteroatoms. The van der Waals surface area contributed by atoms with Gasteiger partial charge < -0.3 is 9.84 Å². The Hall–Kier alpha value is -1.44. The number of hydrogen-bond donors (Lipinski definition) is 1. The Morgan fingerprint density at radius 2 is 1.34 bits per heavy atom. The van der Waals surface area contributed by atoms with Gasteiger partial charge in [-0.1, -0.05) is 84.3 Å². The van der Waals surface area contributed by atoms with Gasteiger partial charge in [-0.3, -0.25) is 0 Å². The normalized spacial score (nSPS) is 14.1. The average Bonchev–Trinajstić information content (AvgIpc) is 2.73. The maximum Gasteiger partial charge on any atom is 0.126 e.